The standard InChI is InChI=1S/C8H14N2/c1-4-7-5-10-8(2,3)6-9-7/h5-6,10H,4H2,1-3H3. The first-order valence-electron chi connectivity index (χ1n) is 3.66. The van der Waals surface area contributed by atoms with Gasteiger partial charge in [-0.2, -0.15) is 0 Å². The molecule has 0 atom stereocenters. The first-order valence-corrected chi connectivity index (χ1v) is 3.66. The molecule has 0 amide bonds. The molecule has 2 heteroatoms. The number of hydrogen-bond donors (Lipinski definition) is 1. The van der Waals surface area contributed by atoms with Gasteiger partial charge in [-0.3, -0.25) is 4.99 Å². The first kappa shape index (κ1) is 7.32. The van der Waals surface area contributed by atoms with Crippen molar-refractivity contribution >= 4 is 6.21 Å². The summed E-state index contributed by atoms with van der Waals surface area (Å²) in [5.74, 6) is 0. The Hall–Kier alpha value is -0.790. The summed E-state index contributed by atoms with van der Waals surface area (Å²) in [6, 6.07) is 0. The van der Waals surface area contributed by atoms with Gasteiger partial charge in [-0.1, -0.05) is 6.92 Å². The van der Waals surface area contributed by atoms with E-state index in [0.29, 0.717) is 0 Å². The van der Waals surface area contributed by atoms with E-state index in [9.17, 15) is 0 Å². The number of rotatable bonds is 1. The Morgan fingerprint density at radius 1 is 1.60 bits per heavy atom. The second-order valence-electron chi connectivity index (χ2n) is 3.11. The average molecular weight is 138 g/mol. The van der Waals surface area contributed by atoms with Gasteiger partial charge in [0.1, 0.15) is 0 Å². The molecule has 0 aromatic heterocycles. The molecule has 1 aliphatic heterocycles. The van der Waals surface area contributed by atoms with Crippen molar-refractivity contribution in [2.75, 3.05) is 0 Å². The van der Waals surface area contributed by atoms with E-state index in [0.717, 1.165) is 12.1 Å². The van der Waals surface area contributed by atoms with E-state index in [4.69, 9.17) is 0 Å². The molecule has 0 unspecified atom stereocenters. The largest absolute Gasteiger partial charge is 0.380 e. The molecule has 0 saturated carbocycles. The van der Waals surface area contributed by atoms with Crippen LogP contribution in [-0.4, -0.2) is 11.8 Å². The third kappa shape index (κ3) is 1.59. The van der Waals surface area contributed by atoms with Crippen molar-refractivity contribution in [1.82, 2.24) is 5.32 Å². The van der Waals surface area contributed by atoms with Crippen LogP contribution in [0.3, 0.4) is 0 Å². The summed E-state index contributed by atoms with van der Waals surface area (Å²) in [5, 5.41) is 3.25. The Balaban J connectivity index is 2.63. The Bertz CT molecular complexity index is 178. The summed E-state index contributed by atoms with van der Waals surface area (Å²) >= 11 is 0. The molecule has 0 spiro atoms. The van der Waals surface area contributed by atoms with Crippen molar-refractivity contribution < 1.29 is 0 Å². The Labute approximate surface area is 62.0 Å². The second-order valence-corrected chi connectivity index (χ2v) is 3.11. The molecular weight excluding hydrogens is 124 g/mol. The molecule has 1 N–H and O–H groups in total. The molecule has 0 aromatic carbocycles. The highest BCUT2D eigenvalue weighted by atomic mass is 15.0. The minimum absolute atomic E-state index is 0.0403. The zero-order chi connectivity index (χ0) is 7.61. The molecule has 0 bridgehead atoms. The van der Waals surface area contributed by atoms with Crippen LogP contribution in [0, 0.1) is 0 Å². The van der Waals surface area contributed by atoms with Gasteiger partial charge in [0.2, 0.25) is 0 Å². The minimum Gasteiger partial charge on any atom is -0.380 e. The Kier molecular flexibility index (Phi) is 1.79. The van der Waals surface area contributed by atoms with Gasteiger partial charge < -0.3 is 5.32 Å². The van der Waals surface area contributed by atoms with Crippen LogP contribution in [0.15, 0.2) is 16.9 Å². The van der Waals surface area contributed by atoms with Crippen LogP contribution in [0.25, 0.3) is 0 Å². The van der Waals surface area contributed by atoms with Crippen LogP contribution < -0.4 is 5.32 Å². The minimum atomic E-state index is 0.0403. The quantitative estimate of drug-likeness (QED) is 0.586. The van der Waals surface area contributed by atoms with Crippen molar-refractivity contribution in [2.24, 2.45) is 4.99 Å². The van der Waals surface area contributed by atoms with Gasteiger partial charge >= 0.3 is 0 Å². The van der Waals surface area contributed by atoms with Crippen molar-refractivity contribution in [3.63, 3.8) is 0 Å². The smallest absolute Gasteiger partial charge is 0.0666 e. The first-order chi connectivity index (χ1) is 4.64. The van der Waals surface area contributed by atoms with Crippen LogP contribution in [0.2, 0.25) is 0 Å². The summed E-state index contributed by atoms with van der Waals surface area (Å²) in [7, 11) is 0. The summed E-state index contributed by atoms with van der Waals surface area (Å²) in [4.78, 5) is 4.27. The predicted molar refractivity (Wildman–Crippen MR) is 44.1 cm³/mol. The Morgan fingerprint density at radius 3 is 2.70 bits per heavy atom. The lowest BCUT2D eigenvalue weighted by atomic mass is 10.1. The van der Waals surface area contributed by atoms with E-state index in [2.05, 4.69) is 31.1 Å². The molecule has 1 rings (SSSR count). The van der Waals surface area contributed by atoms with Gasteiger partial charge in [0.15, 0.2) is 0 Å². The third-order valence-corrected chi connectivity index (χ3v) is 1.53. The van der Waals surface area contributed by atoms with Gasteiger partial charge in [-0.15, -0.1) is 0 Å². The van der Waals surface area contributed by atoms with E-state index in [-0.39, 0.29) is 5.54 Å². The summed E-state index contributed by atoms with van der Waals surface area (Å²) in [5.41, 5.74) is 1.16. The van der Waals surface area contributed by atoms with Crippen LogP contribution in [0.1, 0.15) is 27.2 Å². The third-order valence-electron chi connectivity index (χ3n) is 1.53. The summed E-state index contributed by atoms with van der Waals surface area (Å²) in [6.07, 6.45) is 4.94. The lowest BCUT2D eigenvalue weighted by molar-refractivity contribution is 0.587. The van der Waals surface area contributed by atoms with Gasteiger partial charge in [0.05, 0.1) is 11.2 Å². The molecule has 0 aliphatic carbocycles. The van der Waals surface area contributed by atoms with E-state index in [1.54, 1.807) is 0 Å². The lowest BCUT2D eigenvalue weighted by Gasteiger charge is -2.23. The van der Waals surface area contributed by atoms with E-state index in [1.807, 2.05) is 12.4 Å². The van der Waals surface area contributed by atoms with E-state index in [1.165, 1.54) is 0 Å². The summed E-state index contributed by atoms with van der Waals surface area (Å²) in [6.45, 7) is 6.29. The molecule has 2 nitrogen and oxygen atoms in total. The maximum absolute atomic E-state index is 4.27. The number of nitrogens with zero attached hydrogens (tertiary/aromatic N) is 1. The number of aliphatic imine (C=N–C) groups is 1. The van der Waals surface area contributed by atoms with E-state index >= 15 is 0 Å². The van der Waals surface area contributed by atoms with Crippen molar-refractivity contribution in [3.05, 3.63) is 11.9 Å². The molecule has 1 heterocycles. The zero-order valence-electron chi connectivity index (χ0n) is 6.81. The molecule has 0 saturated heterocycles. The maximum Gasteiger partial charge on any atom is 0.0666 e. The van der Waals surface area contributed by atoms with Crippen molar-refractivity contribution in [1.29, 1.82) is 0 Å². The van der Waals surface area contributed by atoms with Crippen LogP contribution in [0.5, 0.6) is 0 Å². The monoisotopic (exact) mass is 138 g/mol. The predicted octanol–water partition coefficient (Wildman–Crippen LogP) is 1.69. The molecule has 0 fully saturated rings. The average Bonchev–Trinajstić information content (AvgIpc) is 1.88. The van der Waals surface area contributed by atoms with Gasteiger partial charge in [0.25, 0.3) is 0 Å². The number of nitrogens with one attached hydrogen (secondary N) is 1. The molecule has 0 aromatic rings. The molecule has 1 aliphatic rings. The zero-order valence-corrected chi connectivity index (χ0v) is 6.81. The fourth-order valence-corrected chi connectivity index (χ4v) is 0.781. The molecule has 56 valence electrons. The highest BCUT2D eigenvalue weighted by Crippen LogP contribution is 2.09. The lowest BCUT2D eigenvalue weighted by Crippen LogP contribution is -2.39. The fraction of sp³-hybridized carbons (Fsp3) is 0.625. The highest BCUT2D eigenvalue weighted by Gasteiger charge is 2.14. The van der Waals surface area contributed by atoms with Crippen LogP contribution in [0.4, 0.5) is 0 Å². The molecule has 0 radical (unpaired) electrons. The highest BCUT2D eigenvalue weighted by molar-refractivity contribution is 5.71. The molecule has 10 heavy (non-hydrogen) atoms. The number of allylic oxidation sites excluding steroid dienone is 1. The normalized spacial score (nSPS) is 21.7. The fourth-order valence-electron chi connectivity index (χ4n) is 0.781. The SMILES string of the molecule is CCC1=CNC(C)(C)C=N1. The van der Waals surface area contributed by atoms with E-state index < -0.39 is 0 Å². The maximum atomic E-state index is 4.27. The topological polar surface area (TPSA) is 24.4 Å². The van der Waals surface area contributed by atoms with Crippen molar-refractivity contribution in [2.45, 2.75) is 32.7 Å². The summed E-state index contributed by atoms with van der Waals surface area (Å²) < 4.78 is 0. The van der Waals surface area contributed by atoms with Crippen LogP contribution in [-0.2, 0) is 0 Å². The van der Waals surface area contributed by atoms with Gasteiger partial charge in [-0.25, -0.2) is 0 Å². The Morgan fingerprint density at radius 2 is 2.30 bits per heavy atom. The van der Waals surface area contributed by atoms with Gasteiger partial charge in [-0.05, 0) is 20.3 Å². The second kappa shape index (κ2) is 2.45. The van der Waals surface area contributed by atoms with Crippen molar-refractivity contribution in [3.8, 4) is 0 Å². The molecular formula is C8H14N2. The van der Waals surface area contributed by atoms with Crippen LogP contribution >= 0.6 is 0 Å². The number of hydrogen-bond acceptors (Lipinski definition) is 2. The van der Waals surface area contributed by atoms with Gasteiger partial charge in [0, 0.05) is 12.4 Å².